The van der Waals surface area contributed by atoms with Crippen molar-refractivity contribution in [2.75, 3.05) is 0 Å². The Bertz CT molecular complexity index is 1070. The highest BCUT2D eigenvalue weighted by molar-refractivity contribution is 7.13. The van der Waals surface area contributed by atoms with E-state index in [0.29, 0.717) is 11.3 Å². The molecule has 0 unspecified atom stereocenters. The third-order valence-corrected chi connectivity index (χ3v) is 4.96. The van der Waals surface area contributed by atoms with Gasteiger partial charge in [-0.05, 0) is 55.0 Å². The Hall–Kier alpha value is -3.62. The Morgan fingerprint density at radius 2 is 1.75 bits per heavy atom. The van der Waals surface area contributed by atoms with Gasteiger partial charge in [-0.25, -0.2) is 4.79 Å². The minimum absolute atomic E-state index is 0.314. The summed E-state index contributed by atoms with van der Waals surface area (Å²) in [6.07, 6.45) is 12.2. The van der Waals surface area contributed by atoms with Crippen molar-refractivity contribution in [3.8, 4) is 6.07 Å². The van der Waals surface area contributed by atoms with Gasteiger partial charge in [0.15, 0.2) is 0 Å². The van der Waals surface area contributed by atoms with Crippen LogP contribution in [0.5, 0.6) is 0 Å². The van der Waals surface area contributed by atoms with Crippen molar-refractivity contribution >= 4 is 35.5 Å². The van der Waals surface area contributed by atoms with Crippen molar-refractivity contribution in [1.29, 1.82) is 5.26 Å². The third-order valence-electron chi connectivity index (χ3n) is 3.94. The molecule has 0 radical (unpaired) electrons. The molecule has 1 aliphatic rings. The predicted molar refractivity (Wildman–Crippen MR) is 112 cm³/mol. The average Bonchev–Trinajstić information content (AvgIpc) is 3.14. The average molecular weight is 387 g/mol. The van der Waals surface area contributed by atoms with Crippen LogP contribution in [0, 0.1) is 18.3 Å². The fourth-order valence-electron chi connectivity index (χ4n) is 2.47. The number of rotatable bonds is 5. The minimum Gasteiger partial charge on any atom is -0.477 e. The first-order valence-electron chi connectivity index (χ1n) is 8.50. The van der Waals surface area contributed by atoms with Gasteiger partial charge in [0.2, 0.25) is 0 Å². The number of nitrogens with zero attached hydrogens (tertiary/aromatic N) is 1. The molecule has 1 aromatic heterocycles. The molecular formula is C23H17NO3S. The molecule has 0 bridgehead atoms. The van der Waals surface area contributed by atoms with E-state index in [-0.39, 0.29) is 5.57 Å². The molecule has 0 fully saturated rings. The van der Waals surface area contributed by atoms with Crippen LogP contribution in [0.2, 0.25) is 0 Å². The van der Waals surface area contributed by atoms with Crippen LogP contribution in [0.25, 0.3) is 18.2 Å². The van der Waals surface area contributed by atoms with E-state index in [1.807, 2.05) is 18.2 Å². The van der Waals surface area contributed by atoms with Gasteiger partial charge in [-0.1, -0.05) is 35.9 Å². The lowest BCUT2D eigenvalue weighted by Crippen LogP contribution is -2.02. The van der Waals surface area contributed by atoms with Crippen LogP contribution in [0.4, 0.5) is 0 Å². The number of allylic oxidation sites excluding steroid dienone is 4. The minimum atomic E-state index is -1.26. The van der Waals surface area contributed by atoms with Gasteiger partial charge in [-0.3, -0.25) is 0 Å². The molecule has 1 aliphatic heterocycles. The largest absolute Gasteiger partial charge is 0.477 e. The van der Waals surface area contributed by atoms with Gasteiger partial charge in [0.1, 0.15) is 17.4 Å². The molecule has 138 valence electrons. The predicted octanol–water partition coefficient (Wildman–Crippen LogP) is 5.57. The van der Waals surface area contributed by atoms with E-state index in [1.165, 1.54) is 24.0 Å². The number of aryl methyl sites for hydroxylation is 1. The second-order valence-electron chi connectivity index (χ2n) is 6.03. The lowest BCUT2D eigenvalue weighted by Gasteiger charge is -2.08. The lowest BCUT2D eigenvalue weighted by atomic mass is 10.1. The summed E-state index contributed by atoms with van der Waals surface area (Å²) in [5.74, 6) is -0.788. The topological polar surface area (TPSA) is 70.3 Å². The summed E-state index contributed by atoms with van der Waals surface area (Å²) in [6, 6.07) is 14.1. The normalized spacial score (nSPS) is 15.4. The van der Waals surface area contributed by atoms with Gasteiger partial charge >= 0.3 is 5.97 Å². The van der Waals surface area contributed by atoms with Crippen LogP contribution in [-0.4, -0.2) is 11.1 Å². The van der Waals surface area contributed by atoms with E-state index in [1.54, 1.807) is 23.5 Å². The molecule has 0 spiro atoms. The molecule has 4 nitrogen and oxygen atoms in total. The van der Waals surface area contributed by atoms with Crippen LogP contribution in [-0.2, 0) is 9.53 Å². The first kappa shape index (κ1) is 19.2. The van der Waals surface area contributed by atoms with Crippen LogP contribution < -0.4 is 0 Å². The smallest absolute Gasteiger partial charge is 0.347 e. The monoisotopic (exact) mass is 387 g/mol. The molecule has 28 heavy (non-hydrogen) atoms. The van der Waals surface area contributed by atoms with Gasteiger partial charge in [-0.15, -0.1) is 11.3 Å². The molecule has 3 rings (SSSR count). The first-order valence-corrected chi connectivity index (χ1v) is 9.32. The van der Waals surface area contributed by atoms with E-state index in [0.717, 1.165) is 15.3 Å². The molecule has 0 amide bonds. The van der Waals surface area contributed by atoms with Crippen molar-refractivity contribution in [3.63, 3.8) is 0 Å². The van der Waals surface area contributed by atoms with E-state index in [4.69, 9.17) is 15.1 Å². The Morgan fingerprint density at radius 3 is 2.39 bits per heavy atom. The fourth-order valence-corrected chi connectivity index (χ4v) is 3.28. The summed E-state index contributed by atoms with van der Waals surface area (Å²) in [5, 5.41) is 18.0. The number of benzene rings is 1. The van der Waals surface area contributed by atoms with Gasteiger partial charge in [0, 0.05) is 15.3 Å². The maximum Gasteiger partial charge on any atom is 0.347 e. The summed E-state index contributed by atoms with van der Waals surface area (Å²) in [4.78, 5) is 13.2. The number of hydrogen-bond donors (Lipinski definition) is 1. The van der Waals surface area contributed by atoms with Crippen molar-refractivity contribution in [1.82, 2.24) is 0 Å². The molecule has 1 aromatic carbocycles. The molecule has 0 saturated carbocycles. The fraction of sp³-hybridized carbons (Fsp3) is 0.0435. The van der Waals surface area contributed by atoms with E-state index < -0.39 is 5.97 Å². The number of nitriles is 1. The zero-order valence-corrected chi connectivity index (χ0v) is 15.9. The van der Waals surface area contributed by atoms with Crippen LogP contribution in [0.1, 0.15) is 20.9 Å². The number of aliphatic carboxylic acids is 1. The SMILES string of the molecule is Cc1ccc(/C=C/c2ccc(/C=C/C3=CC(=C(/C#N)C(=O)O)/C=CO3)s2)cc1. The van der Waals surface area contributed by atoms with Gasteiger partial charge in [-0.2, -0.15) is 5.26 Å². The lowest BCUT2D eigenvalue weighted by molar-refractivity contribution is -0.132. The Balaban J connectivity index is 1.72. The van der Waals surface area contributed by atoms with E-state index in [9.17, 15) is 4.79 Å². The van der Waals surface area contributed by atoms with Gasteiger partial charge < -0.3 is 9.84 Å². The summed E-state index contributed by atoms with van der Waals surface area (Å²) >= 11 is 1.63. The van der Waals surface area contributed by atoms with Crippen molar-refractivity contribution in [2.24, 2.45) is 0 Å². The molecule has 5 heteroatoms. The third kappa shape index (κ3) is 4.97. The highest BCUT2D eigenvalue weighted by Crippen LogP contribution is 2.23. The maximum atomic E-state index is 11.1. The zero-order chi connectivity index (χ0) is 19.9. The molecular weight excluding hydrogens is 370 g/mol. The summed E-state index contributed by atoms with van der Waals surface area (Å²) < 4.78 is 5.37. The van der Waals surface area contributed by atoms with Crippen molar-refractivity contribution in [3.05, 3.63) is 98.7 Å². The van der Waals surface area contributed by atoms with Gasteiger partial charge in [0.05, 0.1) is 6.26 Å². The molecule has 0 aliphatic carbocycles. The number of carboxylic acid groups (broad SMARTS) is 1. The van der Waals surface area contributed by atoms with Crippen LogP contribution in [0.3, 0.4) is 0 Å². The quantitative estimate of drug-likeness (QED) is 0.538. The van der Waals surface area contributed by atoms with Gasteiger partial charge in [0.25, 0.3) is 0 Å². The van der Waals surface area contributed by atoms with Crippen molar-refractivity contribution < 1.29 is 14.6 Å². The number of ether oxygens (including phenoxy) is 1. The summed E-state index contributed by atoms with van der Waals surface area (Å²) in [7, 11) is 0. The number of hydrogen-bond acceptors (Lipinski definition) is 4. The van der Waals surface area contributed by atoms with E-state index >= 15 is 0 Å². The van der Waals surface area contributed by atoms with Crippen LogP contribution in [0.15, 0.2) is 77.8 Å². The Morgan fingerprint density at radius 1 is 1.07 bits per heavy atom. The van der Waals surface area contributed by atoms with Crippen molar-refractivity contribution in [2.45, 2.75) is 6.92 Å². The molecule has 0 saturated heterocycles. The summed E-state index contributed by atoms with van der Waals surface area (Å²) in [6.45, 7) is 2.06. The Kier molecular flexibility index (Phi) is 6.05. The van der Waals surface area contributed by atoms with Crippen LogP contribution >= 0.6 is 11.3 Å². The molecule has 1 N–H and O–H groups in total. The molecule has 0 atom stereocenters. The standard InChI is InChI=1S/C23H17NO3S/c1-16-2-4-17(5-3-16)6-8-20-10-11-21(28-20)9-7-19-14-18(12-13-27-19)22(15-24)23(25)26/h2-14H,1H3,(H,25,26)/b8-6+,9-7+,22-18-. The zero-order valence-electron chi connectivity index (χ0n) is 15.1. The number of thiophene rings is 1. The second kappa shape index (κ2) is 8.85. The highest BCUT2D eigenvalue weighted by Gasteiger charge is 2.13. The van der Waals surface area contributed by atoms with E-state index in [2.05, 4.69) is 43.3 Å². The maximum absolute atomic E-state index is 11.1. The summed E-state index contributed by atoms with van der Waals surface area (Å²) in [5.41, 5.74) is 2.38. The number of carboxylic acids is 1. The number of carbonyl (C=O) groups is 1. The highest BCUT2D eigenvalue weighted by atomic mass is 32.1. The second-order valence-corrected chi connectivity index (χ2v) is 7.18. The first-order chi connectivity index (χ1) is 13.5. The molecule has 2 aromatic rings. The molecule has 2 heterocycles. The Labute approximate surface area is 167 Å².